The third-order valence-corrected chi connectivity index (χ3v) is 3.56. The highest BCUT2D eigenvalue weighted by atomic mass is 19.4. The Labute approximate surface area is 111 Å². The van der Waals surface area contributed by atoms with Crippen LogP contribution >= 0.6 is 0 Å². The summed E-state index contributed by atoms with van der Waals surface area (Å²) in [5, 5.41) is 5.08. The largest absolute Gasteiger partial charge is 0.405 e. The van der Waals surface area contributed by atoms with Crippen molar-refractivity contribution in [2.45, 2.75) is 32.0 Å². The van der Waals surface area contributed by atoms with Crippen LogP contribution in [0.5, 0.6) is 0 Å². The van der Waals surface area contributed by atoms with Crippen molar-refractivity contribution in [3.8, 4) is 0 Å². The number of likely N-dealkylation sites (tertiary alicyclic amines) is 1. The van der Waals surface area contributed by atoms with Crippen molar-refractivity contribution in [2.75, 3.05) is 33.2 Å². The van der Waals surface area contributed by atoms with Crippen molar-refractivity contribution < 1.29 is 18.0 Å². The summed E-state index contributed by atoms with van der Waals surface area (Å²) in [6.07, 6.45) is -2.29. The molecule has 0 aromatic heterocycles. The van der Waals surface area contributed by atoms with Crippen molar-refractivity contribution >= 4 is 5.91 Å². The lowest BCUT2D eigenvalue weighted by atomic mass is 9.92. The van der Waals surface area contributed by atoms with Crippen molar-refractivity contribution in [3.05, 3.63) is 0 Å². The number of piperidine rings is 1. The number of alkyl halides is 3. The van der Waals surface area contributed by atoms with Gasteiger partial charge >= 0.3 is 6.18 Å². The zero-order valence-corrected chi connectivity index (χ0v) is 11.4. The minimum Gasteiger partial charge on any atom is -0.346 e. The van der Waals surface area contributed by atoms with Crippen molar-refractivity contribution in [2.24, 2.45) is 5.92 Å². The zero-order valence-electron chi connectivity index (χ0n) is 11.4. The van der Waals surface area contributed by atoms with Gasteiger partial charge in [-0.3, -0.25) is 9.69 Å². The van der Waals surface area contributed by atoms with Gasteiger partial charge in [-0.25, -0.2) is 0 Å². The topological polar surface area (TPSA) is 44.4 Å². The molecular formula is C12H22F3N3O. The number of halogens is 3. The smallest absolute Gasteiger partial charge is 0.346 e. The maximum absolute atomic E-state index is 12.0. The van der Waals surface area contributed by atoms with E-state index in [0.29, 0.717) is 12.0 Å². The summed E-state index contributed by atoms with van der Waals surface area (Å²) in [5.41, 5.74) is 0. The Kier molecular flexibility index (Phi) is 6.06. The molecule has 1 amide bonds. The molecule has 19 heavy (non-hydrogen) atoms. The Hall–Kier alpha value is -0.820. The van der Waals surface area contributed by atoms with Crippen LogP contribution < -0.4 is 10.6 Å². The van der Waals surface area contributed by atoms with E-state index < -0.39 is 18.6 Å². The summed E-state index contributed by atoms with van der Waals surface area (Å²) in [5.74, 6) is -0.121. The molecule has 1 aliphatic rings. The highest BCUT2D eigenvalue weighted by molar-refractivity contribution is 5.78. The summed E-state index contributed by atoms with van der Waals surface area (Å²) in [4.78, 5) is 13.4. The van der Waals surface area contributed by atoms with Gasteiger partial charge in [0, 0.05) is 12.6 Å². The van der Waals surface area contributed by atoms with Gasteiger partial charge in [-0.05, 0) is 39.3 Å². The zero-order chi connectivity index (χ0) is 14.5. The second-order valence-corrected chi connectivity index (χ2v) is 5.11. The van der Waals surface area contributed by atoms with E-state index in [2.05, 4.69) is 12.2 Å². The van der Waals surface area contributed by atoms with Gasteiger partial charge in [0.2, 0.25) is 5.91 Å². The molecular weight excluding hydrogens is 259 g/mol. The van der Waals surface area contributed by atoms with Crippen LogP contribution in [0.3, 0.4) is 0 Å². The maximum atomic E-state index is 12.0. The number of nitrogens with one attached hydrogen (secondary N) is 2. The molecule has 1 rings (SSSR count). The molecule has 2 unspecified atom stereocenters. The molecule has 0 spiro atoms. The Morgan fingerprint density at radius 2 is 2.16 bits per heavy atom. The fourth-order valence-electron chi connectivity index (χ4n) is 2.34. The van der Waals surface area contributed by atoms with Crippen molar-refractivity contribution in [1.29, 1.82) is 0 Å². The van der Waals surface area contributed by atoms with E-state index >= 15 is 0 Å². The number of rotatable bonds is 5. The predicted molar refractivity (Wildman–Crippen MR) is 66.8 cm³/mol. The van der Waals surface area contributed by atoms with Gasteiger partial charge in [-0.2, -0.15) is 13.2 Å². The predicted octanol–water partition coefficient (Wildman–Crippen LogP) is 0.985. The third-order valence-electron chi connectivity index (χ3n) is 3.56. The molecule has 0 radical (unpaired) electrons. The van der Waals surface area contributed by atoms with Gasteiger partial charge in [-0.15, -0.1) is 0 Å². The Bertz CT molecular complexity index is 296. The number of carbonyl (C=O) groups excluding carboxylic acids is 1. The van der Waals surface area contributed by atoms with E-state index in [-0.39, 0.29) is 6.54 Å². The highest BCUT2D eigenvalue weighted by Crippen LogP contribution is 2.19. The van der Waals surface area contributed by atoms with Crippen LogP contribution in [0, 0.1) is 5.92 Å². The molecule has 0 bridgehead atoms. The van der Waals surface area contributed by atoms with Gasteiger partial charge in [0.1, 0.15) is 6.54 Å². The lowest BCUT2D eigenvalue weighted by molar-refractivity contribution is -0.139. The van der Waals surface area contributed by atoms with E-state index in [9.17, 15) is 18.0 Å². The first kappa shape index (κ1) is 16.2. The molecule has 2 atom stereocenters. The summed E-state index contributed by atoms with van der Waals surface area (Å²) in [6, 6.07) is 0.348. The molecule has 0 aliphatic carbocycles. The monoisotopic (exact) mass is 281 g/mol. The quantitative estimate of drug-likeness (QED) is 0.790. The molecule has 7 heteroatoms. The Morgan fingerprint density at radius 3 is 2.74 bits per heavy atom. The fraction of sp³-hybridized carbons (Fsp3) is 0.917. The third kappa shape index (κ3) is 6.24. The Morgan fingerprint density at radius 1 is 1.47 bits per heavy atom. The van der Waals surface area contributed by atoms with Gasteiger partial charge in [0.05, 0.1) is 6.54 Å². The van der Waals surface area contributed by atoms with Crippen LogP contribution in [-0.4, -0.2) is 56.3 Å². The lowest BCUT2D eigenvalue weighted by Crippen LogP contribution is -2.47. The van der Waals surface area contributed by atoms with E-state index in [1.54, 1.807) is 0 Å². The molecule has 1 aliphatic heterocycles. The first-order valence-corrected chi connectivity index (χ1v) is 6.55. The van der Waals surface area contributed by atoms with Crippen LogP contribution in [0.25, 0.3) is 0 Å². The number of amides is 1. The minimum atomic E-state index is -4.35. The summed E-state index contributed by atoms with van der Waals surface area (Å²) < 4.78 is 35.9. The molecule has 112 valence electrons. The van der Waals surface area contributed by atoms with Gasteiger partial charge < -0.3 is 10.6 Å². The molecule has 2 N–H and O–H groups in total. The maximum Gasteiger partial charge on any atom is 0.405 e. The second kappa shape index (κ2) is 7.09. The van der Waals surface area contributed by atoms with Crippen molar-refractivity contribution in [3.63, 3.8) is 0 Å². The Balaban J connectivity index is 2.34. The average molecular weight is 281 g/mol. The molecule has 0 saturated carbocycles. The van der Waals surface area contributed by atoms with Gasteiger partial charge in [0.25, 0.3) is 0 Å². The molecule has 1 saturated heterocycles. The second-order valence-electron chi connectivity index (χ2n) is 5.11. The number of hydrogen-bond acceptors (Lipinski definition) is 3. The van der Waals surface area contributed by atoms with Gasteiger partial charge in [-0.1, -0.05) is 0 Å². The number of nitrogens with zero attached hydrogens (tertiary/aromatic N) is 1. The lowest BCUT2D eigenvalue weighted by Gasteiger charge is -2.35. The summed E-state index contributed by atoms with van der Waals surface area (Å²) in [7, 11) is 1.89. The first-order chi connectivity index (χ1) is 8.81. The molecule has 1 heterocycles. The molecule has 0 aromatic rings. The van der Waals surface area contributed by atoms with E-state index in [1.807, 2.05) is 17.3 Å². The highest BCUT2D eigenvalue weighted by Gasteiger charge is 2.29. The van der Waals surface area contributed by atoms with Crippen LogP contribution in [-0.2, 0) is 4.79 Å². The summed E-state index contributed by atoms with van der Waals surface area (Å²) >= 11 is 0. The van der Waals surface area contributed by atoms with E-state index in [4.69, 9.17) is 0 Å². The fourth-order valence-corrected chi connectivity index (χ4v) is 2.34. The molecule has 1 fully saturated rings. The summed E-state index contributed by atoms with van der Waals surface area (Å²) in [6.45, 7) is 2.39. The van der Waals surface area contributed by atoms with Crippen LogP contribution in [0.2, 0.25) is 0 Å². The minimum absolute atomic E-state index is 0.0447. The van der Waals surface area contributed by atoms with Crippen LogP contribution in [0.1, 0.15) is 19.8 Å². The van der Waals surface area contributed by atoms with Gasteiger partial charge in [0.15, 0.2) is 0 Å². The van der Waals surface area contributed by atoms with Crippen molar-refractivity contribution in [1.82, 2.24) is 15.5 Å². The van der Waals surface area contributed by atoms with Crippen LogP contribution in [0.4, 0.5) is 13.2 Å². The normalized spacial score (nSPS) is 23.1. The molecule has 4 nitrogen and oxygen atoms in total. The van der Waals surface area contributed by atoms with Crippen LogP contribution in [0.15, 0.2) is 0 Å². The standard InChI is InChI=1S/C12H22F3N3O/c1-9(16-2)10-4-3-5-18(6-10)7-11(19)17-8-12(13,14)15/h9-10,16H,3-8H2,1-2H3,(H,17,19). The SMILES string of the molecule is CNC(C)C1CCCN(CC(=O)NCC(F)(F)F)C1. The number of hydrogen-bond donors (Lipinski definition) is 2. The number of carbonyl (C=O) groups is 1. The molecule has 0 aromatic carbocycles. The average Bonchev–Trinajstić information content (AvgIpc) is 2.35. The van der Waals surface area contributed by atoms with E-state index in [1.165, 1.54) is 0 Å². The van der Waals surface area contributed by atoms with E-state index in [0.717, 1.165) is 25.9 Å². The first-order valence-electron chi connectivity index (χ1n) is 6.55.